The summed E-state index contributed by atoms with van der Waals surface area (Å²) >= 11 is 0. The van der Waals surface area contributed by atoms with E-state index in [1.54, 1.807) is 0 Å². The van der Waals surface area contributed by atoms with Crippen LogP contribution in [0.4, 0.5) is 34.1 Å². The van der Waals surface area contributed by atoms with E-state index in [9.17, 15) is 0 Å². The van der Waals surface area contributed by atoms with Gasteiger partial charge in [-0.25, -0.2) is 0 Å². The Morgan fingerprint density at radius 2 is 0.685 bits per heavy atom. The molecule has 15 aromatic rings. The van der Waals surface area contributed by atoms with Crippen LogP contribution < -0.4 is 9.80 Å². The molecule has 3 aliphatic carbocycles. The molecule has 89 heavy (non-hydrogen) atoms. The van der Waals surface area contributed by atoms with Gasteiger partial charge in [0.1, 0.15) is 22.3 Å². The van der Waals surface area contributed by atoms with Gasteiger partial charge in [0.15, 0.2) is 0 Å². The van der Waals surface area contributed by atoms with E-state index in [2.05, 4.69) is 329 Å². The summed E-state index contributed by atoms with van der Waals surface area (Å²) in [5.41, 5.74) is 28.4. The Balaban J connectivity index is 0.909. The first-order valence-electron chi connectivity index (χ1n) is 31.1. The molecule has 0 atom stereocenters. The van der Waals surface area contributed by atoms with Gasteiger partial charge in [0, 0.05) is 77.6 Å². The molecule has 2 aromatic heterocycles. The van der Waals surface area contributed by atoms with Gasteiger partial charge in [0.2, 0.25) is 0 Å². The van der Waals surface area contributed by atoms with E-state index >= 15 is 0 Å². The molecule has 4 heteroatoms. The Labute approximate surface area is 517 Å². The zero-order chi connectivity index (χ0) is 59.3. The van der Waals surface area contributed by atoms with Crippen molar-refractivity contribution in [3.8, 4) is 44.5 Å². The lowest BCUT2D eigenvalue weighted by Gasteiger charge is -2.35. The van der Waals surface area contributed by atoms with E-state index in [1.807, 2.05) is 0 Å². The first-order valence-corrected chi connectivity index (χ1v) is 31.1. The smallest absolute Gasteiger partial charge is 0.144 e. The summed E-state index contributed by atoms with van der Waals surface area (Å²) in [4.78, 5) is 4.85. The lowest BCUT2D eigenvalue weighted by molar-refractivity contribution is 0.600. The molecule has 3 aliphatic rings. The van der Waals surface area contributed by atoms with Crippen LogP contribution in [0.5, 0.6) is 0 Å². The lowest BCUT2D eigenvalue weighted by atomic mass is 9.67. The Bertz CT molecular complexity index is 5270. The molecular formula is C85H60N2O2. The van der Waals surface area contributed by atoms with Crippen molar-refractivity contribution >= 4 is 78.0 Å². The number of hydrogen-bond donors (Lipinski definition) is 0. The Morgan fingerprint density at radius 1 is 0.281 bits per heavy atom. The zero-order valence-electron chi connectivity index (χ0n) is 49.9. The van der Waals surface area contributed by atoms with Crippen molar-refractivity contribution < 1.29 is 8.83 Å². The van der Waals surface area contributed by atoms with E-state index in [1.165, 1.54) is 83.3 Å². The SMILES string of the molecule is CC1(C)c2ccccc2-c2c1c1c(c3c2oc2ccccc23)-c2ccc(N(c3ccc(N(c4ccccc4)c4ccccc4)cc3)c3ccc4c(c3)C(c3ccccc3)(c3ccccc3)c3cc(-c5ccccc5)c5oc6ccccc6c5c3-4)cc2C1(C)C. The van der Waals surface area contributed by atoms with Gasteiger partial charge in [0.25, 0.3) is 0 Å². The minimum atomic E-state index is -0.758. The summed E-state index contributed by atoms with van der Waals surface area (Å²) in [5.74, 6) is 0. The number of rotatable bonds is 9. The number of fused-ring (bicyclic) bond motifs is 19. The number of benzene rings is 13. The summed E-state index contributed by atoms with van der Waals surface area (Å²) in [6, 6.07) is 107. The van der Waals surface area contributed by atoms with E-state index in [0.29, 0.717) is 0 Å². The molecule has 18 rings (SSSR count). The number of anilines is 6. The highest BCUT2D eigenvalue weighted by Crippen LogP contribution is 2.65. The molecule has 2 heterocycles. The monoisotopic (exact) mass is 1140 g/mol. The maximum atomic E-state index is 7.11. The first kappa shape index (κ1) is 51.3. The molecule has 0 aliphatic heterocycles. The van der Waals surface area contributed by atoms with Gasteiger partial charge in [-0.1, -0.05) is 228 Å². The second-order valence-corrected chi connectivity index (χ2v) is 25.4. The third-order valence-corrected chi connectivity index (χ3v) is 20.0. The summed E-state index contributed by atoms with van der Waals surface area (Å²) < 4.78 is 14.2. The molecular weight excluding hydrogens is 1080 g/mol. The minimum absolute atomic E-state index is 0.283. The number of hydrogen-bond acceptors (Lipinski definition) is 4. The van der Waals surface area contributed by atoms with E-state index in [4.69, 9.17) is 8.83 Å². The fraction of sp³-hybridized carbons (Fsp3) is 0.0824. The molecule has 0 bridgehead atoms. The second kappa shape index (κ2) is 19.0. The van der Waals surface area contributed by atoms with Crippen molar-refractivity contribution in [1.82, 2.24) is 0 Å². The van der Waals surface area contributed by atoms with Crippen LogP contribution in [-0.4, -0.2) is 0 Å². The first-order chi connectivity index (χ1) is 43.7. The van der Waals surface area contributed by atoms with Crippen molar-refractivity contribution in [2.45, 2.75) is 43.9 Å². The van der Waals surface area contributed by atoms with Crippen LogP contribution in [0, 0.1) is 0 Å². The highest BCUT2D eigenvalue weighted by Gasteiger charge is 2.50. The summed E-state index contributed by atoms with van der Waals surface area (Å²) in [6.07, 6.45) is 0. The third kappa shape index (κ3) is 7.17. The normalized spacial score (nSPS) is 14.3. The third-order valence-electron chi connectivity index (χ3n) is 20.0. The van der Waals surface area contributed by atoms with Crippen molar-refractivity contribution in [2.24, 2.45) is 0 Å². The average Bonchev–Trinajstić information content (AvgIpc) is 1.52. The van der Waals surface area contributed by atoms with Gasteiger partial charge in [-0.2, -0.15) is 0 Å². The van der Waals surface area contributed by atoms with E-state index in [-0.39, 0.29) is 5.41 Å². The fourth-order valence-corrected chi connectivity index (χ4v) is 16.3. The van der Waals surface area contributed by atoms with Crippen LogP contribution in [0.3, 0.4) is 0 Å². The largest absolute Gasteiger partial charge is 0.455 e. The molecule has 0 radical (unpaired) electrons. The van der Waals surface area contributed by atoms with E-state index < -0.39 is 10.8 Å². The van der Waals surface area contributed by atoms with Crippen LogP contribution >= 0.6 is 0 Å². The highest BCUT2D eigenvalue weighted by atomic mass is 16.3. The van der Waals surface area contributed by atoms with Gasteiger partial charge in [-0.3, -0.25) is 0 Å². The molecule has 0 fully saturated rings. The number of furan rings is 2. The second-order valence-electron chi connectivity index (χ2n) is 25.4. The Kier molecular flexibility index (Phi) is 11.0. The Morgan fingerprint density at radius 3 is 1.27 bits per heavy atom. The van der Waals surface area contributed by atoms with Crippen LogP contribution in [0.2, 0.25) is 0 Å². The summed E-state index contributed by atoms with van der Waals surface area (Å²) in [5, 5.41) is 4.58. The van der Waals surface area contributed by atoms with Gasteiger partial charge in [0.05, 0.1) is 5.41 Å². The van der Waals surface area contributed by atoms with E-state index in [0.717, 1.165) is 83.7 Å². The lowest BCUT2D eigenvalue weighted by Crippen LogP contribution is -2.29. The van der Waals surface area contributed by atoms with Crippen LogP contribution in [0.25, 0.3) is 88.4 Å². The summed E-state index contributed by atoms with van der Waals surface area (Å²) in [6.45, 7) is 9.75. The summed E-state index contributed by atoms with van der Waals surface area (Å²) in [7, 11) is 0. The van der Waals surface area contributed by atoms with Crippen LogP contribution in [0.1, 0.15) is 72.2 Å². The number of para-hydroxylation sites is 4. The molecule has 0 unspecified atom stereocenters. The maximum absolute atomic E-state index is 7.11. The molecule has 0 saturated heterocycles. The van der Waals surface area contributed by atoms with Crippen LogP contribution in [-0.2, 0) is 16.2 Å². The molecule has 422 valence electrons. The number of nitrogens with zero attached hydrogens (tertiary/aromatic N) is 2. The molecule has 0 spiro atoms. The fourth-order valence-electron chi connectivity index (χ4n) is 16.3. The van der Waals surface area contributed by atoms with Crippen molar-refractivity contribution in [2.75, 3.05) is 9.80 Å². The average molecular weight is 1140 g/mol. The quantitative estimate of drug-likeness (QED) is 0.144. The van der Waals surface area contributed by atoms with Crippen molar-refractivity contribution in [3.05, 3.63) is 336 Å². The molecule has 4 nitrogen and oxygen atoms in total. The van der Waals surface area contributed by atoms with Gasteiger partial charge in [-0.05, 0) is 169 Å². The van der Waals surface area contributed by atoms with Gasteiger partial charge >= 0.3 is 0 Å². The molecule has 0 N–H and O–H groups in total. The Hall–Kier alpha value is -10.9. The topological polar surface area (TPSA) is 32.8 Å². The zero-order valence-corrected chi connectivity index (χ0v) is 49.9. The standard InChI is InChI=1S/C85H60N2O2/c1-83(2)68-39-23-20-36-62(68)78-80(83)79-75(77-66-38-22-25-41-73(66)89-82(77)78)63-48-46-60(50-69(63)84(79,3)4)87(59-44-42-58(43-45-59)86(56-32-16-8-17-33-56)57-34-18-9-19-35-57)61-47-49-64-70(51-61)85(54-28-12-6-13-29-54,55-30-14-7-15-31-55)71-52-67(53-26-10-5-11-27-53)81-76(74(64)71)65-37-21-24-40-72(65)88-81/h5-52H,1-4H3. The predicted molar refractivity (Wildman–Crippen MR) is 368 cm³/mol. The molecule has 13 aromatic carbocycles. The minimum Gasteiger partial charge on any atom is -0.455 e. The van der Waals surface area contributed by atoms with Crippen molar-refractivity contribution in [1.29, 1.82) is 0 Å². The van der Waals surface area contributed by atoms with Crippen LogP contribution in [0.15, 0.2) is 300 Å². The van der Waals surface area contributed by atoms with Gasteiger partial charge < -0.3 is 18.6 Å². The molecule has 0 amide bonds. The van der Waals surface area contributed by atoms with Crippen molar-refractivity contribution in [3.63, 3.8) is 0 Å². The maximum Gasteiger partial charge on any atom is 0.144 e. The van der Waals surface area contributed by atoms with Gasteiger partial charge in [-0.15, -0.1) is 0 Å². The highest BCUT2D eigenvalue weighted by molar-refractivity contribution is 6.22. The molecule has 0 saturated carbocycles. The predicted octanol–water partition coefficient (Wildman–Crippen LogP) is 23.1.